The largest absolute Gasteiger partial charge is 0.403 e. The zero-order valence-corrected chi connectivity index (χ0v) is 16.1. The number of aryl methyl sites for hydroxylation is 1. The number of hydrogen-bond acceptors (Lipinski definition) is 6. The zero-order chi connectivity index (χ0) is 19.4. The molecule has 1 fully saturated rings. The average molecular weight is 374 g/mol. The van der Waals surface area contributed by atoms with Crippen molar-refractivity contribution >= 4 is 16.9 Å². The van der Waals surface area contributed by atoms with Gasteiger partial charge in [0.1, 0.15) is 11.2 Å². The second-order valence-electron chi connectivity index (χ2n) is 7.01. The van der Waals surface area contributed by atoms with Crippen LogP contribution in [-0.4, -0.2) is 33.8 Å². The lowest BCUT2D eigenvalue weighted by Gasteiger charge is -2.32. The fourth-order valence-electron chi connectivity index (χ4n) is 3.30. The molecule has 8 nitrogen and oxygen atoms in total. The lowest BCUT2D eigenvalue weighted by atomic mass is 9.99. The number of hydrogen-bond donors (Lipinski definition) is 1. The maximum atomic E-state index is 12.4. The van der Waals surface area contributed by atoms with Crippen LogP contribution in [0.5, 0.6) is 6.01 Å². The molecule has 2 aromatic rings. The Morgan fingerprint density at radius 3 is 2.78 bits per heavy atom. The molecule has 2 aromatic heterocycles. The number of rotatable bonds is 5. The van der Waals surface area contributed by atoms with Crippen LogP contribution in [0.4, 0.5) is 0 Å². The maximum absolute atomic E-state index is 12.4. The van der Waals surface area contributed by atoms with Gasteiger partial charge < -0.3 is 14.2 Å². The van der Waals surface area contributed by atoms with Crippen molar-refractivity contribution in [1.29, 1.82) is 0 Å². The topological polar surface area (TPSA) is 101 Å². The van der Waals surface area contributed by atoms with E-state index in [1.54, 1.807) is 0 Å². The number of amidine groups is 1. The van der Waals surface area contributed by atoms with E-state index in [9.17, 15) is 9.59 Å². The SMILES string of the molecule is CCCC(=NOc1nc2oc(=O)cc(CC)c2c(=O)[nH]1)N1CCC(C)CC1. The fraction of sp³-hybridized carbons (Fsp3) is 0.579. The number of piperidine rings is 1. The van der Waals surface area contributed by atoms with Crippen LogP contribution in [0.1, 0.15) is 52.0 Å². The minimum atomic E-state index is -0.541. The number of oxime groups is 1. The summed E-state index contributed by atoms with van der Waals surface area (Å²) < 4.78 is 5.08. The average Bonchev–Trinajstić information content (AvgIpc) is 2.64. The molecule has 1 N–H and O–H groups in total. The second kappa shape index (κ2) is 8.37. The maximum Gasteiger partial charge on any atom is 0.337 e. The first-order valence-corrected chi connectivity index (χ1v) is 9.57. The Balaban J connectivity index is 1.89. The predicted molar refractivity (Wildman–Crippen MR) is 103 cm³/mol. The van der Waals surface area contributed by atoms with E-state index >= 15 is 0 Å². The Hall–Kier alpha value is -2.64. The molecule has 0 aromatic carbocycles. The summed E-state index contributed by atoms with van der Waals surface area (Å²) in [6, 6.07) is 1.23. The quantitative estimate of drug-likeness (QED) is 0.490. The molecular weight excluding hydrogens is 348 g/mol. The van der Waals surface area contributed by atoms with Crippen molar-refractivity contribution in [3.05, 3.63) is 32.4 Å². The Morgan fingerprint density at radius 2 is 2.11 bits per heavy atom. The minimum absolute atomic E-state index is 0.0304. The number of nitrogens with zero attached hydrogens (tertiary/aromatic N) is 3. The van der Waals surface area contributed by atoms with Gasteiger partial charge in [0.05, 0.1) is 0 Å². The third kappa shape index (κ3) is 4.37. The van der Waals surface area contributed by atoms with Gasteiger partial charge in [-0.25, -0.2) is 4.79 Å². The van der Waals surface area contributed by atoms with Crippen molar-refractivity contribution in [2.24, 2.45) is 11.1 Å². The summed E-state index contributed by atoms with van der Waals surface area (Å²) in [5, 5.41) is 4.51. The minimum Gasteiger partial charge on any atom is -0.403 e. The van der Waals surface area contributed by atoms with Gasteiger partial charge in [0.2, 0.25) is 5.71 Å². The van der Waals surface area contributed by atoms with E-state index in [4.69, 9.17) is 9.25 Å². The van der Waals surface area contributed by atoms with Crippen molar-refractivity contribution < 1.29 is 9.25 Å². The normalized spacial score (nSPS) is 16.1. The van der Waals surface area contributed by atoms with Gasteiger partial charge in [0, 0.05) is 25.6 Å². The lowest BCUT2D eigenvalue weighted by Crippen LogP contribution is -2.38. The second-order valence-corrected chi connectivity index (χ2v) is 7.01. The number of H-pyrrole nitrogens is 1. The molecule has 0 radical (unpaired) electrons. The molecule has 27 heavy (non-hydrogen) atoms. The molecule has 1 saturated heterocycles. The number of aromatic nitrogens is 2. The summed E-state index contributed by atoms with van der Waals surface area (Å²) in [5.74, 6) is 1.56. The third-order valence-electron chi connectivity index (χ3n) is 4.92. The molecule has 0 saturated carbocycles. The van der Waals surface area contributed by atoms with Crippen molar-refractivity contribution in [2.75, 3.05) is 13.1 Å². The molecule has 0 amide bonds. The Kier molecular flexibility index (Phi) is 5.93. The Morgan fingerprint density at radius 1 is 1.37 bits per heavy atom. The van der Waals surface area contributed by atoms with Crippen molar-refractivity contribution in [2.45, 2.75) is 52.9 Å². The van der Waals surface area contributed by atoms with Crippen LogP contribution in [0.2, 0.25) is 0 Å². The van der Waals surface area contributed by atoms with E-state index in [0.717, 1.165) is 50.5 Å². The number of aromatic amines is 1. The Labute approximate surface area is 157 Å². The fourth-order valence-corrected chi connectivity index (χ4v) is 3.30. The van der Waals surface area contributed by atoms with Crippen molar-refractivity contribution in [3.8, 4) is 6.01 Å². The van der Waals surface area contributed by atoms with Crippen molar-refractivity contribution in [1.82, 2.24) is 14.9 Å². The van der Waals surface area contributed by atoms with Gasteiger partial charge in [-0.15, -0.1) is 0 Å². The molecule has 1 aliphatic rings. The van der Waals surface area contributed by atoms with Gasteiger partial charge in [-0.1, -0.05) is 25.9 Å². The summed E-state index contributed by atoms with van der Waals surface area (Å²) in [4.78, 5) is 38.4. The first-order valence-electron chi connectivity index (χ1n) is 9.57. The van der Waals surface area contributed by atoms with Crippen LogP contribution in [0.15, 0.2) is 25.2 Å². The highest BCUT2D eigenvalue weighted by Crippen LogP contribution is 2.18. The van der Waals surface area contributed by atoms with E-state index in [1.807, 2.05) is 6.92 Å². The molecule has 0 unspecified atom stereocenters. The van der Waals surface area contributed by atoms with Crippen LogP contribution < -0.4 is 16.0 Å². The molecule has 1 aliphatic heterocycles. The molecule has 146 valence electrons. The van der Waals surface area contributed by atoms with E-state index in [1.165, 1.54) is 6.07 Å². The van der Waals surface area contributed by atoms with E-state index in [-0.39, 0.29) is 17.1 Å². The monoisotopic (exact) mass is 374 g/mol. The smallest absolute Gasteiger partial charge is 0.337 e. The lowest BCUT2D eigenvalue weighted by molar-refractivity contribution is 0.253. The number of likely N-dealkylation sites (tertiary alicyclic amines) is 1. The van der Waals surface area contributed by atoms with Gasteiger partial charge in [-0.3, -0.25) is 9.78 Å². The van der Waals surface area contributed by atoms with Crippen LogP contribution in [0, 0.1) is 5.92 Å². The molecule has 8 heteroatoms. The van der Waals surface area contributed by atoms with Gasteiger partial charge in [0.15, 0.2) is 0 Å². The Bertz CT molecular complexity index is 939. The summed E-state index contributed by atoms with van der Waals surface area (Å²) >= 11 is 0. The molecule has 0 bridgehead atoms. The van der Waals surface area contributed by atoms with Gasteiger partial charge in [-0.05, 0) is 37.2 Å². The molecule has 0 atom stereocenters. The zero-order valence-electron chi connectivity index (χ0n) is 16.1. The highest BCUT2D eigenvalue weighted by molar-refractivity contribution is 5.82. The van der Waals surface area contributed by atoms with Crippen LogP contribution in [-0.2, 0) is 6.42 Å². The van der Waals surface area contributed by atoms with Crippen LogP contribution >= 0.6 is 0 Å². The van der Waals surface area contributed by atoms with Crippen LogP contribution in [0.3, 0.4) is 0 Å². The number of nitrogens with one attached hydrogen (secondary N) is 1. The molecular formula is C19H26N4O4. The van der Waals surface area contributed by atoms with Gasteiger partial charge >= 0.3 is 11.6 Å². The van der Waals surface area contributed by atoms with Crippen LogP contribution in [0.25, 0.3) is 11.1 Å². The van der Waals surface area contributed by atoms with E-state index < -0.39 is 11.2 Å². The highest BCUT2D eigenvalue weighted by atomic mass is 16.6. The summed E-state index contributed by atoms with van der Waals surface area (Å²) in [6.07, 6.45) is 4.49. The van der Waals surface area contributed by atoms with E-state index in [2.05, 4.69) is 33.9 Å². The molecule has 3 rings (SSSR count). The molecule has 0 aliphatic carbocycles. The first-order chi connectivity index (χ1) is 13.0. The third-order valence-corrected chi connectivity index (χ3v) is 4.92. The summed E-state index contributed by atoms with van der Waals surface area (Å²) in [5.41, 5.74) is -0.382. The number of fused-ring (bicyclic) bond motifs is 1. The predicted octanol–water partition coefficient (Wildman–Crippen LogP) is 2.66. The van der Waals surface area contributed by atoms with Crippen molar-refractivity contribution in [3.63, 3.8) is 0 Å². The first kappa shape index (κ1) is 19.1. The summed E-state index contributed by atoms with van der Waals surface area (Å²) in [7, 11) is 0. The summed E-state index contributed by atoms with van der Waals surface area (Å²) in [6.45, 7) is 8.09. The van der Waals surface area contributed by atoms with E-state index in [0.29, 0.717) is 12.0 Å². The molecule has 0 spiro atoms. The molecule has 3 heterocycles. The van der Waals surface area contributed by atoms with Gasteiger partial charge in [0.25, 0.3) is 5.56 Å². The highest BCUT2D eigenvalue weighted by Gasteiger charge is 2.19. The van der Waals surface area contributed by atoms with Gasteiger partial charge in [-0.2, -0.15) is 4.98 Å². The standard InChI is InChI=1S/C19H26N4O4/c1-4-6-14(23-9-7-12(3)8-10-23)22-27-19-20-17(25)16-13(5-2)11-15(24)26-18(16)21-19/h11-12H,4-10H2,1-3H3,(H,20,21,25).